The topological polar surface area (TPSA) is 46.9 Å². The second-order valence-corrected chi connectivity index (χ2v) is 12.5. The second-order valence-electron chi connectivity index (χ2n) is 12.5. The van der Waals surface area contributed by atoms with E-state index in [1.165, 1.54) is 102 Å². The molecule has 0 unspecified atom stereocenters. The molecule has 0 aliphatic carbocycles. The van der Waals surface area contributed by atoms with Gasteiger partial charge >= 0.3 is 0 Å². The third-order valence-corrected chi connectivity index (χ3v) is 8.84. The van der Waals surface area contributed by atoms with Crippen molar-refractivity contribution in [2.24, 2.45) is 0 Å². The van der Waals surface area contributed by atoms with Crippen molar-refractivity contribution in [2.75, 3.05) is 0 Å². The third kappa shape index (κ3) is 11.6. The van der Waals surface area contributed by atoms with Gasteiger partial charge in [-0.3, -0.25) is 4.79 Å². The summed E-state index contributed by atoms with van der Waals surface area (Å²) in [5.74, 6) is 0.971. The molecule has 4 rings (SSSR count). The molecular formula is C40H55N3O. The number of carbonyl (C=O) groups is 1. The molecule has 0 saturated carbocycles. The minimum atomic E-state index is 0.0264. The number of fused-ring (bicyclic) bond motifs is 1. The van der Waals surface area contributed by atoms with Crippen LogP contribution >= 0.6 is 0 Å². The zero-order valence-corrected chi connectivity index (χ0v) is 27.2. The van der Waals surface area contributed by atoms with E-state index in [2.05, 4.69) is 71.4 Å². The monoisotopic (exact) mass is 593 g/mol. The molecule has 1 N–H and O–H groups in total. The van der Waals surface area contributed by atoms with E-state index in [1.54, 1.807) is 0 Å². The number of amides is 1. The molecule has 1 heterocycles. The standard InChI is InChI=1S/C40H55N3O/c1-2-3-4-5-6-7-8-9-10-11-12-13-14-15-16-22-31-43-38-26-21-20-25-37(38)42-39(43)33-41-40(44)32-34-27-29-36(30-28-34)35-23-18-17-19-24-35/h17-21,23-30H,2-16,22,31-33H2,1H3,(H,41,44). The zero-order valence-electron chi connectivity index (χ0n) is 27.2. The highest BCUT2D eigenvalue weighted by Crippen LogP contribution is 2.21. The van der Waals surface area contributed by atoms with E-state index >= 15 is 0 Å². The van der Waals surface area contributed by atoms with Gasteiger partial charge in [0.05, 0.1) is 24.0 Å². The van der Waals surface area contributed by atoms with E-state index in [9.17, 15) is 4.79 Å². The molecule has 236 valence electrons. The van der Waals surface area contributed by atoms with E-state index in [-0.39, 0.29) is 5.91 Å². The van der Waals surface area contributed by atoms with Crippen LogP contribution in [0.25, 0.3) is 22.2 Å². The summed E-state index contributed by atoms with van der Waals surface area (Å²) in [6, 6.07) is 26.9. The minimum absolute atomic E-state index is 0.0264. The molecule has 0 saturated heterocycles. The summed E-state index contributed by atoms with van der Waals surface area (Å²) in [4.78, 5) is 17.7. The van der Waals surface area contributed by atoms with Crippen LogP contribution < -0.4 is 5.32 Å². The molecule has 0 fully saturated rings. The van der Waals surface area contributed by atoms with Gasteiger partial charge in [-0.25, -0.2) is 4.98 Å². The van der Waals surface area contributed by atoms with Crippen molar-refractivity contribution >= 4 is 16.9 Å². The normalized spacial score (nSPS) is 11.3. The van der Waals surface area contributed by atoms with Crippen molar-refractivity contribution in [3.05, 3.63) is 90.3 Å². The number of unbranched alkanes of at least 4 members (excludes halogenated alkanes) is 15. The van der Waals surface area contributed by atoms with Gasteiger partial charge < -0.3 is 9.88 Å². The van der Waals surface area contributed by atoms with Gasteiger partial charge in [-0.1, -0.05) is 170 Å². The highest BCUT2D eigenvalue weighted by molar-refractivity contribution is 5.79. The van der Waals surface area contributed by atoms with Gasteiger partial charge in [0.15, 0.2) is 0 Å². The number of carbonyl (C=O) groups excluding carboxylic acids is 1. The molecule has 4 heteroatoms. The Labute approximate surface area is 266 Å². The SMILES string of the molecule is CCCCCCCCCCCCCCCCCCn1c(CNC(=O)Cc2ccc(-c3ccccc3)cc2)nc2ccccc21. The molecule has 0 atom stereocenters. The van der Waals surface area contributed by atoms with E-state index in [0.29, 0.717) is 13.0 Å². The van der Waals surface area contributed by atoms with Crippen LogP contribution in [0.15, 0.2) is 78.9 Å². The Bertz CT molecular complexity index is 1340. The van der Waals surface area contributed by atoms with Crippen LogP contribution in [0.3, 0.4) is 0 Å². The van der Waals surface area contributed by atoms with Crippen molar-refractivity contribution in [3.63, 3.8) is 0 Å². The molecule has 4 aromatic rings. The van der Waals surface area contributed by atoms with Crippen molar-refractivity contribution in [2.45, 2.75) is 129 Å². The first-order valence-electron chi connectivity index (χ1n) is 17.6. The summed E-state index contributed by atoms with van der Waals surface area (Å²) >= 11 is 0. The molecule has 0 radical (unpaired) electrons. The molecule has 44 heavy (non-hydrogen) atoms. The Morgan fingerprint density at radius 3 is 1.75 bits per heavy atom. The number of nitrogens with zero attached hydrogens (tertiary/aromatic N) is 2. The molecule has 0 aliphatic rings. The van der Waals surface area contributed by atoms with E-state index in [1.807, 2.05) is 24.3 Å². The Balaban J connectivity index is 1.12. The van der Waals surface area contributed by atoms with E-state index in [4.69, 9.17) is 4.98 Å². The first-order chi connectivity index (χ1) is 21.7. The minimum Gasteiger partial charge on any atom is -0.349 e. The van der Waals surface area contributed by atoms with Crippen molar-refractivity contribution in [3.8, 4) is 11.1 Å². The Morgan fingerprint density at radius 2 is 1.14 bits per heavy atom. The molecule has 0 spiro atoms. The van der Waals surface area contributed by atoms with Crippen LogP contribution in [0.2, 0.25) is 0 Å². The van der Waals surface area contributed by atoms with E-state index in [0.717, 1.165) is 41.0 Å². The molecule has 3 aromatic carbocycles. The number of hydrogen-bond acceptors (Lipinski definition) is 2. The summed E-state index contributed by atoms with van der Waals surface area (Å²) in [7, 11) is 0. The summed E-state index contributed by atoms with van der Waals surface area (Å²) in [5, 5.41) is 3.13. The Morgan fingerprint density at radius 1 is 0.614 bits per heavy atom. The predicted molar refractivity (Wildman–Crippen MR) is 187 cm³/mol. The fourth-order valence-corrected chi connectivity index (χ4v) is 6.20. The lowest BCUT2D eigenvalue weighted by Gasteiger charge is -2.11. The van der Waals surface area contributed by atoms with Gasteiger partial charge in [-0.15, -0.1) is 0 Å². The molecule has 0 aliphatic heterocycles. The number of nitrogens with one attached hydrogen (secondary N) is 1. The lowest BCUT2D eigenvalue weighted by atomic mass is 10.0. The van der Waals surface area contributed by atoms with Crippen LogP contribution in [0.5, 0.6) is 0 Å². The first kappa shape index (κ1) is 33.5. The maximum absolute atomic E-state index is 12.8. The van der Waals surface area contributed by atoms with Crippen LogP contribution in [-0.4, -0.2) is 15.5 Å². The van der Waals surface area contributed by atoms with Crippen LogP contribution in [0.1, 0.15) is 121 Å². The highest BCUT2D eigenvalue weighted by Gasteiger charge is 2.12. The smallest absolute Gasteiger partial charge is 0.224 e. The number of para-hydroxylation sites is 2. The quantitative estimate of drug-likeness (QED) is 0.0921. The average Bonchev–Trinajstić information content (AvgIpc) is 3.41. The van der Waals surface area contributed by atoms with Crippen LogP contribution in [0.4, 0.5) is 0 Å². The van der Waals surface area contributed by atoms with E-state index < -0.39 is 0 Å². The Kier molecular flexibility index (Phi) is 15.1. The van der Waals surface area contributed by atoms with Gasteiger partial charge in [0, 0.05) is 6.54 Å². The van der Waals surface area contributed by atoms with Crippen molar-refractivity contribution in [1.82, 2.24) is 14.9 Å². The second kappa shape index (κ2) is 19.8. The van der Waals surface area contributed by atoms with Gasteiger partial charge in [-0.05, 0) is 35.2 Å². The number of rotatable bonds is 22. The van der Waals surface area contributed by atoms with Gasteiger partial charge in [0.25, 0.3) is 0 Å². The lowest BCUT2D eigenvalue weighted by molar-refractivity contribution is -0.120. The average molecular weight is 594 g/mol. The number of benzene rings is 3. The van der Waals surface area contributed by atoms with Crippen LogP contribution in [-0.2, 0) is 24.3 Å². The lowest BCUT2D eigenvalue weighted by Crippen LogP contribution is -2.26. The van der Waals surface area contributed by atoms with Crippen molar-refractivity contribution < 1.29 is 4.79 Å². The fraction of sp³-hybridized carbons (Fsp3) is 0.500. The number of hydrogen-bond donors (Lipinski definition) is 1. The molecule has 1 amide bonds. The van der Waals surface area contributed by atoms with Crippen LogP contribution in [0, 0.1) is 0 Å². The highest BCUT2D eigenvalue weighted by atomic mass is 16.1. The number of aromatic nitrogens is 2. The number of aryl methyl sites for hydroxylation is 1. The predicted octanol–water partition coefficient (Wildman–Crippen LogP) is 10.8. The van der Waals surface area contributed by atoms with Gasteiger partial charge in [-0.2, -0.15) is 0 Å². The Hall–Kier alpha value is -3.40. The summed E-state index contributed by atoms with van der Waals surface area (Å²) in [6.45, 7) is 3.69. The summed E-state index contributed by atoms with van der Waals surface area (Å²) in [6.07, 6.45) is 22.4. The molecule has 4 nitrogen and oxygen atoms in total. The van der Waals surface area contributed by atoms with Gasteiger partial charge in [0.2, 0.25) is 5.91 Å². The molecule has 1 aromatic heterocycles. The molecule has 0 bridgehead atoms. The number of imidazole rings is 1. The maximum Gasteiger partial charge on any atom is 0.224 e. The van der Waals surface area contributed by atoms with Gasteiger partial charge in [0.1, 0.15) is 5.82 Å². The van der Waals surface area contributed by atoms with Crippen molar-refractivity contribution in [1.29, 1.82) is 0 Å². The summed E-state index contributed by atoms with van der Waals surface area (Å²) < 4.78 is 2.31. The molecular weight excluding hydrogens is 538 g/mol. The zero-order chi connectivity index (χ0) is 30.7. The summed E-state index contributed by atoms with van der Waals surface area (Å²) in [5.41, 5.74) is 5.53. The maximum atomic E-state index is 12.8. The fourth-order valence-electron chi connectivity index (χ4n) is 6.20. The first-order valence-corrected chi connectivity index (χ1v) is 17.6. The largest absolute Gasteiger partial charge is 0.349 e. The third-order valence-electron chi connectivity index (χ3n) is 8.84.